The lowest BCUT2D eigenvalue weighted by Crippen LogP contribution is -2.54. The third-order valence-corrected chi connectivity index (χ3v) is 6.08. The molecule has 1 amide bonds. The first-order chi connectivity index (χ1) is 13.2. The number of benzene rings is 2. The van der Waals surface area contributed by atoms with Gasteiger partial charge in [0.05, 0.1) is 4.88 Å². The van der Waals surface area contributed by atoms with E-state index in [1.165, 1.54) is 16.9 Å². The standard InChI is InChI=1S/C22H21ClN2OS/c23-19-8-6-17(7-9-19)18-13-21(27-15-18)22(26)25-11-10-24-14-20(25)12-16-4-2-1-3-5-16/h1-9,13,15,20,24H,10-12,14H2/t20-/m1/s1. The Kier molecular flexibility index (Phi) is 5.58. The molecule has 1 aliphatic rings. The van der Waals surface area contributed by atoms with Gasteiger partial charge in [-0.1, -0.05) is 54.1 Å². The maximum atomic E-state index is 13.2. The Balaban J connectivity index is 1.52. The predicted molar refractivity (Wildman–Crippen MR) is 113 cm³/mol. The van der Waals surface area contributed by atoms with Gasteiger partial charge in [-0.25, -0.2) is 0 Å². The highest BCUT2D eigenvalue weighted by molar-refractivity contribution is 7.12. The van der Waals surface area contributed by atoms with Gasteiger partial charge < -0.3 is 10.2 Å². The average Bonchev–Trinajstić information content (AvgIpc) is 3.19. The average molecular weight is 397 g/mol. The summed E-state index contributed by atoms with van der Waals surface area (Å²) in [5.74, 6) is 0.127. The third kappa shape index (κ3) is 4.24. The number of nitrogens with one attached hydrogen (secondary N) is 1. The van der Waals surface area contributed by atoms with Crippen LogP contribution < -0.4 is 5.32 Å². The van der Waals surface area contributed by atoms with Crippen molar-refractivity contribution in [3.8, 4) is 11.1 Å². The van der Waals surface area contributed by atoms with Gasteiger partial charge in [0.15, 0.2) is 0 Å². The van der Waals surface area contributed by atoms with Crippen molar-refractivity contribution in [3.63, 3.8) is 0 Å². The van der Waals surface area contributed by atoms with Crippen LogP contribution in [0.5, 0.6) is 0 Å². The van der Waals surface area contributed by atoms with E-state index in [0.29, 0.717) is 0 Å². The molecule has 1 atom stereocenters. The minimum Gasteiger partial charge on any atom is -0.332 e. The zero-order valence-corrected chi connectivity index (χ0v) is 16.5. The van der Waals surface area contributed by atoms with E-state index in [2.05, 4.69) is 29.6 Å². The molecule has 1 fully saturated rings. The van der Waals surface area contributed by atoms with Crippen LogP contribution in [0.15, 0.2) is 66.0 Å². The van der Waals surface area contributed by atoms with Crippen molar-refractivity contribution in [2.24, 2.45) is 0 Å². The van der Waals surface area contributed by atoms with Crippen LogP contribution in [0.1, 0.15) is 15.2 Å². The highest BCUT2D eigenvalue weighted by Crippen LogP contribution is 2.28. The van der Waals surface area contributed by atoms with Gasteiger partial charge in [0.1, 0.15) is 0 Å². The molecule has 0 radical (unpaired) electrons. The van der Waals surface area contributed by atoms with Gasteiger partial charge in [-0.3, -0.25) is 4.79 Å². The fourth-order valence-corrected chi connectivity index (χ4v) is 4.48. The van der Waals surface area contributed by atoms with Gasteiger partial charge in [-0.15, -0.1) is 11.3 Å². The molecule has 0 spiro atoms. The molecule has 1 aromatic heterocycles. The van der Waals surface area contributed by atoms with Gasteiger partial charge >= 0.3 is 0 Å². The van der Waals surface area contributed by atoms with Crippen LogP contribution in [0.25, 0.3) is 11.1 Å². The quantitative estimate of drug-likeness (QED) is 0.691. The molecule has 27 heavy (non-hydrogen) atoms. The molecule has 0 unspecified atom stereocenters. The molecule has 1 aliphatic heterocycles. The number of thiophene rings is 1. The van der Waals surface area contributed by atoms with E-state index < -0.39 is 0 Å². The highest BCUT2D eigenvalue weighted by atomic mass is 35.5. The van der Waals surface area contributed by atoms with Crippen molar-refractivity contribution in [2.45, 2.75) is 12.5 Å². The van der Waals surface area contributed by atoms with Crippen LogP contribution in [0.3, 0.4) is 0 Å². The summed E-state index contributed by atoms with van der Waals surface area (Å²) < 4.78 is 0. The van der Waals surface area contributed by atoms with E-state index in [1.807, 2.05) is 46.7 Å². The van der Waals surface area contributed by atoms with E-state index in [4.69, 9.17) is 11.6 Å². The first-order valence-electron chi connectivity index (χ1n) is 9.11. The predicted octanol–water partition coefficient (Wildman–Crippen LogP) is 4.73. The van der Waals surface area contributed by atoms with E-state index >= 15 is 0 Å². The number of nitrogens with zero attached hydrogens (tertiary/aromatic N) is 1. The smallest absolute Gasteiger partial charge is 0.264 e. The summed E-state index contributed by atoms with van der Waals surface area (Å²) >= 11 is 7.49. The van der Waals surface area contributed by atoms with Crippen molar-refractivity contribution in [3.05, 3.63) is 81.5 Å². The van der Waals surface area contributed by atoms with Gasteiger partial charge in [-0.05, 0) is 46.7 Å². The van der Waals surface area contributed by atoms with Gasteiger partial charge in [0.2, 0.25) is 0 Å². The zero-order chi connectivity index (χ0) is 18.6. The number of carbonyl (C=O) groups is 1. The first-order valence-corrected chi connectivity index (χ1v) is 10.4. The largest absolute Gasteiger partial charge is 0.332 e. The molecule has 0 aliphatic carbocycles. The second-order valence-electron chi connectivity index (χ2n) is 6.75. The minimum absolute atomic E-state index is 0.127. The summed E-state index contributed by atoms with van der Waals surface area (Å²) in [7, 11) is 0. The number of carbonyl (C=O) groups excluding carboxylic acids is 1. The molecule has 1 saturated heterocycles. The van der Waals surface area contributed by atoms with Crippen molar-refractivity contribution in [1.29, 1.82) is 0 Å². The number of amides is 1. The molecule has 2 aromatic carbocycles. The van der Waals surface area contributed by atoms with Crippen LogP contribution in [-0.2, 0) is 6.42 Å². The normalized spacial score (nSPS) is 17.1. The van der Waals surface area contributed by atoms with Crippen LogP contribution in [0.2, 0.25) is 5.02 Å². The molecular formula is C22H21ClN2OS. The van der Waals surface area contributed by atoms with Gasteiger partial charge in [0.25, 0.3) is 5.91 Å². The molecular weight excluding hydrogens is 376 g/mol. The maximum absolute atomic E-state index is 13.2. The van der Waals surface area contributed by atoms with Gasteiger partial charge in [0, 0.05) is 30.7 Å². The summed E-state index contributed by atoms with van der Waals surface area (Å²) in [6.45, 7) is 2.41. The Morgan fingerprint density at radius 1 is 1.11 bits per heavy atom. The molecule has 3 nitrogen and oxygen atoms in total. The summed E-state index contributed by atoms with van der Waals surface area (Å²) in [5, 5.41) is 6.19. The highest BCUT2D eigenvalue weighted by Gasteiger charge is 2.28. The van der Waals surface area contributed by atoms with E-state index in [9.17, 15) is 4.79 Å². The van der Waals surface area contributed by atoms with Crippen molar-refractivity contribution < 1.29 is 4.79 Å². The first kappa shape index (κ1) is 18.2. The lowest BCUT2D eigenvalue weighted by molar-refractivity contribution is 0.0641. The third-order valence-electron chi connectivity index (χ3n) is 4.91. The Hall–Kier alpha value is -2.14. The van der Waals surface area contributed by atoms with Crippen molar-refractivity contribution in [1.82, 2.24) is 10.2 Å². The van der Waals surface area contributed by atoms with Crippen LogP contribution in [0, 0.1) is 0 Å². The van der Waals surface area contributed by atoms with Crippen LogP contribution in [0.4, 0.5) is 0 Å². The monoisotopic (exact) mass is 396 g/mol. The van der Waals surface area contributed by atoms with Crippen LogP contribution in [-0.4, -0.2) is 36.5 Å². The fourth-order valence-electron chi connectivity index (χ4n) is 3.48. The number of piperazine rings is 1. The van der Waals surface area contributed by atoms with Crippen molar-refractivity contribution in [2.75, 3.05) is 19.6 Å². The second kappa shape index (κ2) is 8.26. The maximum Gasteiger partial charge on any atom is 0.264 e. The SMILES string of the molecule is O=C(c1cc(-c2ccc(Cl)cc2)cs1)N1CCNC[C@H]1Cc1ccccc1. The number of halogens is 1. The molecule has 138 valence electrons. The summed E-state index contributed by atoms with van der Waals surface area (Å²) in [4.78, 5) is 16.0. The summed E-state index contributed by atoms with van der Waals surface area (Å²) in [6.07, 6.45) is 0.870. The molecule has 2 heterocycles. The molecule has 1 N–H and O–H groups in total. The fraction of sp³-hybridized carbons (Fsp3) is 0.227. The molecule has 4 rings (SSSR count). The summed E-state index contributed by atoms with van der Waals surface area (Å²) in [5.41, 5.74) is 3.41. The van der Waals surface area contributed by atoms with E-state index in [0.717, 1.165) is 47.1 Å². The molecule has 3 aromatic rings. The van der Waals surface area contributed by atoms with Crippen LogP contribution >= 0.6 is 22.9 Å². The van der Waals surface area contributed by atoms with E-state index in [1.54, 1.807) is 0 Å². The number of hydrogen-bond acceptors (Lipinski definition) is 3. The minimum atomic E-state index is 0.127. The van der Waals surface area contributed by atoms with Gasteiger partial charge in [-0.2, -0.15) is 0 Å². The van der Waals surface area contributed by atoms with E-state index in [-0.39, 0.29) is 11.9 Å². The number of rotatable bonds is 4. The zero-order valence-electron chi connectivity index (χ0n) is 14.9. The summed E-state index contributed by atoms with van der Waals surface area (Å²) in [6, 6.07) is 20.3. The Morgan fingerprint density at radius 3 is 2.67 bits per heavy atom. The second-order valence-corrected chi connectivity index (χ2v) is 8.10. The Morgan fingerprint density at radius 2 is 1.89 bits per heavy atom. The molecule has 0 bridgehead atoms. The topological polar surface area (TPSA) is 32.3 Å². The number of hydrogen-bond donors (Lipinski definition) is 1. The molecule has 0 saturated carbocycles. The Bertz CT molecular complexity index is 908. The lowest BCUT2D eigenvalue weighted by Gasteiger charge is -2.36. The molecule has 5 heteroatoms. The Labute approximate surface area is 168 Å². The lowest BCUT2D eigenvalue weighted by atomic mass is 10.0. The van der Waals surface area contributed by atoms with Crippen molar-refractivity contribution >= 4 is 28.8 Å².